The molecule has 4 aromatic rings. The molecule has 158 valence electrons. The molecule has 2 heterocycles. The molecule has 0 fully saturated rings. The van der Waals surface area contributed by atoms with Gasteiger partial charge in [-0.2, -0.15) is 9.61 Å². The van der Waals surface area contributed by atoms with Gasteiger partial charge in [0.25, 0.3) is 0 Å². The lowest BCUT2D eigenvalue weighted by Crippen LogP contribution is -2.22. The monoisotopic (exact) mass is 418 g/mol. The van der Waals surface area contributed by atoms with Crippen molar-refractivity contribution >= 4 is 23.3 Å². The number of carboxylic acid groups (broad SMARTS) is 1. The lowest BCUT2D eigenvalue weighted by molar-refractivity contribution is -0.305. The molecule has 0 saturated carbocycles. The van der Waals surface area contributed by atoms with E-state index in [0.717, 1.165) is 16.8 Å². The van der Waals surface area contributed by atoms with E-state index in [1.807, 2.05) is 48.5 Å². The Morgan fingerprint density at radius 1 is 1.06 bits per heavy atom. The molecule has 0 unspecified atom stereocenters. The van der Waals surface area contributed by atoms with E-state index in [0.29, 0.717) is 35.2 Å². The molecule has 0 atom stereocenters. The van der Waals surface area contributed by atoms with Gasteiger partial charge < -0.3 is 24.7 Å². The number of benzene rings is 2. The van der Waals surface area contributed by atoms with Gasteiger partial charge in [-0.3, -0.25) is 0 Å². The zero-order valence-corrected chi connectivity index (χ0v) is 17.0. The lowest BCUT2D eigenvalue weighted by Gasteiger charge is -2.12. The van der Waals surface area contributed by atoms with Crippen LogP contribution in [0.25, 0.3) is 16.9 Å². The van der Waals surface area contributed by atoms with Crippen LogP contribution in [0, 0.1) is 0 Å². The van der Waals surface area contributed by atoms with Crippen LogP contribution in [0.15, 0.2) is 54.9 Å². The summed E-state index contributed by atoms with van der Waals surface area (Å²) in [6, 6.07) is 14.8. The van der Waals surface area contributed by atoms with Gasteiger partial charge in [-0.25, -0.2) is 9.97 Å². The molecule has 0 aliphatic heterocycles. The van der Waals surface area contributed by atoms with Gasteiger partial charge in [0.15, 0.2) is 17.1 Å². The highest BCUT2D eigenvalue weighted by Gasteiger charge is 2.12. The quantitative estimate of drug-likeness (QED) is 0.463. The maximum absolute atomic E-state index is 10.6. The normalized spacial score (nSPS) is 10.8. The van der Waals surface area contributed by atoms with Gasteiger partial charge in [0.05, 0.1) is 19.9 Å². The van der Waals surface area contributed by atoms with Crippen molar-refractivity contribution in [1.29, 1.82) is 0 Å². The first kappa shape index (κ1) is 20.1. The minimum Gasteiger partial charge on any atom is -0.550 e. The molecule has 9 nitrogen and oxygen atoms in total. The summed E-state index contributed by atoms with van der Waals surface area (Å²) in [4.78, 5) is 19.7. The van der Waals surface area contributed by atoms with Crippen molar-refractivity contribution in [3.8, 4) is 22.8 Å². The molecule has 0 bridgehead atoms. The van der Waals surface area contributed by atoms with Gasteiger partial charge in [0.1, 0.15) is 6.33 Å². The summed E-state index contributed by atoms with van der Waals surface area (Å²) in [5, 5.41) is 18.1. The number of rotatable bonds is 8. The number of fused-ring (bicyclic) bond motifs is 1. The van der Waals surface area contributed by atoms with E-state index in [9.17, 15) is 9.90 Å². The third kappa shape index (κ3) is 4.40. The molecule has 0 spiro atoms. The molecule has 2 aromatic carbocycles. The van der Waals surface area contributed by atoms with Crippen LogP contribution in [0.1, 0.15) is 12.0 Å². The molecule has 1 N–H and O–H groups in total. The van der Waals surface area contributed by atoms with E-state index >= 15 is 0 Å². The number of carbonyl (C=O) groups excluding carboxylic acids is 1. The minimum atomic E-state index is -1.06. The van der Waals surface area contributed by atoms with Crippen LogP contribution in [0.5, 0.6) is 11.5 Å². The van der Waals surface area contributed by atoms with Gasteiger partial charge in [0, 0.05) is 23.3 Å². The van der Waals surface area contributed by atoms with Crippen LogP contribution in [0.4, 0.5) is 11.6 Å². The van der Waals surface area contributed by atoms with Gasteiger partial charge >= 0.3 is 0 Å². The molecule has 2 aromatic heterocycles. The summed E-state index contributed by atoms with van der Waals surface area (Å²) < 4.78 is 12.3. The predicted octanol–water partition coefficient (Wildman–Crippen LogP) is 2.23. The Morgan fingerprint density at radius 2 is 1.84 bits per heavy atom. The summed E-state index contributed by atoms with van der Waals surface area (Å²) in [6.45, 7) is 0. The fraction of sp³-hybridized carbons (Fsp3) is 0.182. The van der Waals surface area contributed by atoms with Crippen molar-refractivity contribution in [2.45, 2.75) is 12.8 Å². The molecule has 0 aliphatic rings. The number of carboxylic acids is 1. The minimum absolute atomic E-state index is 0.0126. The van der Waals surface area contributed by atoms with Gasteiger partial charge in [-0.1, -0.05) is 12.1 Å². The van der Waals surface area contributed by atoms with E-state index in [1.54, 1.807) is 18.7 Å². The SMILES string of the molecule is COc1ccc(-c2cc3ncnn3c(Nc3ccc(CCC(=O)[O-])cc3)n2)cc1OC. The highest BCUT2D eigenvalue weighted by atomic mass is 16.5. The molecule has 0 amide bonds. The van der Waals surface area contributed by atoms with Gasteiger partial charge in [-0.05, 0) is 48.7 Å². The first-order valence-corrected chi connectivity index (χ1v) is 9.56. The second-order valence-corrected chi connectivity index (χ2v) is 6.76. The van der Waals surface area contributed by atoms with Crippen LogP contribution in [-0.2, 0) is 11.2 Å². The summed E-state index contributed by atoms with van der Waals surface area (Å²) in [5.41, 5.74) is 3.85. The largest absolute Gasteiger partial charge is 0.550 e. The highest BCUT2D eigenvalue weighted by Crippen LogP contribution is 2.32. The number of aromatic nitrogens is 4. The predicted molar refractivity (Wildman–Crippen MR) is 112 cm³/mol. The number of aryl methyl sites for hydroxylation is 1. The maximum Gasteiger partial charge on any atom is 0.231 e. The first-order valence-electron chi connectivity index (χ1n) is 9.56. The Morgan fingerprint density at radius 3 is 2.55 bits per heavy atom. The number of methoxy groups -OCH3 is 2. The number of hydrogen-bond donors (Lipinski definition) is 1. The van der Waals surface area contributed by atoms with Crippen molar-refractivity contribution in [3.63, 3.8) is 0 Å². The van der Waals surface area contributed by atoms with Crippen molar-refractivity contribution in [1.82, 2.24) is 19.6 Å². The molecule has 0 aliphatic carbocycles. The van der Waals surface area contributed by atoms with Crippen molar-refractivity contribution in [2.75, 3.05) is 19.5 Å². The van der Waals surface area contributed by atoms with Crippen molar-refractivity contribution in [2.24, 2.45) is 0 Å². The fourth-order valence-electron chi connectivity index (χ4n) is 3.18. The molecule has 4 rings (SSSR count). The molecule has 0 saturated heterocycles. The molecular weight excluding hydrogens is 398 g/mol. The summed E-state index contributed by atoms with van der Waals surface area (Å²) in [6.07, 6.45) is 1.87. The maximum atomic E-state index is 10.6. The Balaban J connectivity index is 1.66. The smallest absolute Gasteiger partial charge is 0.231 e. The zero-order chi connectivity index (χ0) is 21.8. The molecule has 0 radical (unpaired) electrons. The number of hydrogen-bond acceptors (Lipinski definition) is 8. The Kier molecular flexibility index (Phi) is 5.65. The number of anilines is 2. The number of carbonyl (C=O) groups is 1. The van der Waals surface area contributed by atoms with Crippen molar-refractivity contribution < 1.29 is 19.4 Å². The average molecular weight is 418 g/mol. The van der Waals surface area contributed by atoms with Crippen LogP contribution in [0.2, 0.25) is 0 Å². The fourth-order valence-corrected chi connectivity index (χ4v) is 3.18. The number of aliphatic carboxylic acids is 1. The Labute approximate surface area is 178 Å². The van der Waals surface area contributed by atoms with E-state index in [4.69, 9.17) is 14.5 Å². The first-order chi connectivity index (χ1) is 15.1. The Bertz CT molecular complexity index is 1220. The summed E-state index contributed by atoms with van der Waals surface area (Å²) in [5.74, 6) is 0.658. The number of nitrogens with one attached hydrogen (secondary N) is 1. The second-order valence-electron chi connectivity index (χ2n) is 6.76. The lowest BCUT2D eigenvalue weighted by atomic mass is 10.1. The van der Waals surface area contributed by atoms with Crippen molar-refractivity contribution in [3.05, 3.63) is 60.4 Å². The van der Waals surface area contributed by atoms with E-state index < -0.39 is 5.97 Å². The van der Waals surface area contributed by atoms with Gasteiger partial charge in [-0.15, -0.1) is 0 Å². The standard InChI is InChI=1S/C22H21N5O4/c1-30-18-9-6-15(11-19(18)31-2)17-12-20-23-13-24-27(20)22(26-17)25-16-7-3-14(4-8-16)5-10-21(28)29/h3-4,6-9,11-13H,5,10H2,1-2H3,(H,25,26)(H,28,29)/p-1. The third-order valence-corrected chi connectivity index (χ3v) is 4.77. The zero-order valence-electron chi connectivity index (χ0n) is 17.0. The van der Waals surface area contributed by atoms with E-state index in [1.165, 1.54) is 6.33 Å². The number of nitrogens with zero attached hydrogens (tertiary/aromatic N) is 4. The van der Waals surface area contributed by atoms with Crippen LogP contribution >= 0.6 is 0 Å². The molecular formula is C22H20N5O4-. The summed E-state index contributed by atoms with van der Waals surface area (Å²) >= 11 is 0. The highest BCUT2D eigenvalue weighted by molar-refractivity contribution is 5.70. The van der Waals surface area contributed by atoms with Crippen LogP contribution < -0.4 is 19.9 Å². The summed E-state index contributed by atoms with van der Waals surface area (Å²) in [7, 11) is 3.17. The molecule has 9 heteroatoms. The third-order valence-electron chi connectivity index (χ3n) is 4.77. The van der Waals surface area contributed by atoms with Crippen LogP contribution in [0.3, 0.4) is 0 Å². The number of ether oxygens (including phenoxy) is 2. The Hall–Kier alpha value is -4.14. The van der Waals surface area contributed by atoms with Crippen LogP contribution in [-0.4, -0.2) is 39.8 Å². The van der Waals surface area contributed by atoms with E-state index in [2.05, 4.69) is 15.4 Å². The average Bonchev–Trinajstić information content (AvgIpc) is 3.27. The second kappa shape index (κ2) is 8.70. The van der Waals surface area contributed by atoms with Gasteiger partial charge in [0.2, 0.25) is 5.95 Å². The molecule has 31 heavy (non-hydrogen) atoms. The topological polar surface area (TPSA) is 114 Å². The van der Waals surface area contributed by atoms with E-state index in [-0.39, 0.29) is 6.42 Å².